The lowest BCUT2D eigenvalue weighted by molar-refractivity contribution is 0.601. The van der Waals surface area contributed by atoms with Crippen LogP contribution < -0.4 is 9.62 Å². The highest BCUT2D eigenvalue weighted by Crippen LogP contribution is 2.24. The predicted molar refractivity (Wildman–Crippen MR) is 85.8 cm³/mol. The van der Waals surface area contributed by atoms with Gasteiger partial charge in [-0.2, -0.15) is 0 Å². The van der Waals surface area contributed by atoms with Gasteiger partial charge in [-0.15, -0.1) is 0 Å². The number of aromatic nitrogens is 1. The van der Waals surface area contributed by atoms with Crippen LogP contribution in [0.1, 0.15) is 0 Å². The van der Waals surface area contributed by atoms with E-state index in [-0.39, 0.29) is 15.1 Å². The number of rotatable bonds is 4. The van der Waals surface area contributed by atoms with Crippen LogP contribution in [0.25, 0.3) is 0 Å². The Morgan fingerprint density at radius 2 is 1.90 bits per heavy atom. The molecule has 0 bridgehead atoms. The summed E-state index contributed by atoms with van der Waals surface area (Å²) in [7, 11) is -0.0261. The van der Waals surface area contributed by atoms with Gasteiger partial charge in [0.15, 0.2) is 0 Å². The molecule has 0 spiro atoms. The van der Waals surface area contributed by atoms with Crippen LogP contribution in [-0.4, -0.2) is 27.5 Å². The quantitative estimate of drug-likeness (QED) is 0.864. The summed E-state index contributed by atoms with van der Waals surface area (Å²) in [6, 6.07) is 8.28. The van der Waals surface area contributed by atoms with Gasteiger partial charge in [-0.3, -0.25) is 4.72 Å². The zero-order valence-corrected chi connectivity index (χ0v) is 13.7. The van der Waals surface area contributed by atoms with Gasteiger partial charge in [0.05, 0.1) is 10.7 Å². The smallest absolute Gasteiger partial charge is 0.263 e. The van der Waals surface area contributed by atoms with Gasteiger partial charge < -0.3 is 4.90 Å². The Morgan fingerprint density at radius 1 is 1.19 bits per heavy atom. The Morgan fingerprint density at radius 3 is 2.52 bits per heavy atom. The average molecular weight is 346 g/mol. The van der Waals surface area contributed by atoms with Crippen molar-refractivity contribution in [2.24, 2.45) is 0 Å². The van der Waals surface area contributed by atoms with Crippen LogP contribution in [0.3, 0.4) is 0 Å². The summed E-state index contributed by atoms with van der Waals surface area (Å²) < 4.78 is 27.0. The molecule has 2 rings (SSSR count). The van der Waals surface area contributed by atoms with Crippen molar-refractivity contribution >= 4 is 44.6 Å². The minimum absolute atomic E-state index is 0.0489. The van der Waals surface area contributed by atoms with Gasteiger partial charge >= 0.3 is 0 Å². The van der Waals surface area contributed by atoms with E-state index >= 15 is 0 Å². The lowest BCUT2D eigenvalue weighted by Crippen LogP contribution is -2.14. The van der Waals surface area contributed by atoms with Crippen molar-refractivity contribution in [1.29, 1.82) is 0 Å². The fraction of sp³-hybridized carbons (Fsp3) is 0.154. The molecule has 2 aromatic rings. The summed E-state index contributed by atoms with van der Waals surface area (Å²) in [5.74, 6) is 0. The highest BCUT2D eigenvalue weighted by molar-refractivity contribution is 7.92. The Hall–Kier alpha value is -1.50. The van der Waals surface area contributed by atoms with Gasteiger partial charge in [-0.05, 0) is 24.3 Å². The largest absolute Gasteiger partial charge is 0.378 e. The van der Waals surface area contributed by atoms with E-state index in [9.17, 15) is 8.42 Å². The number of pyridine rings is 1. The molecule has 0 radical (unpaired) electrons. The minimum atomic E-state index is -3.77. The highest BCUT2D eigenvalue weighted by atomic mass is 35.5. The number of anilines is 2. The van der Waals surface area contributed by atoms with Crippen molar-refractivity contribution < 1.29 is 8.42 Å². The van der Waals surface area contributed by atoms with E-state index in [1.54, 1.807) is 18.2 Å². The molecule has 21 heavy (non-hydrogen) atoms. The minimum Gasteiger partial charge on any atom is -0.378 e. The number of hydrogen-bond acceptors (Lipinski definition) is 4. The second-order valence-corrected chi connectivity index (χ2v) is 6.94. The second-order valence-electron chi connectivity index (χ2n) is 4.49. The molecular weight excluding hydrogens is 333 g/mol. The van der Waals surface area contributed by atoms with E-state index in [1.807, 2.05) is 25.1 Å². The summed E-state index contributed by atoms with van der Waals surface area (Å²) in [6.45, 7) is 0. The molecule has 8 heteroatoms. The lowest BCUT2D eigenvalue weighted by Gasteiger charge is -2.14. The van der Waals surface area contributed by atoms with Crippen molar-refractivity contribution in [2.45, 2.75) is 4.90 Å². The number of nitrogens with zero attached hydrogens (tertiary/aromatic N) is 2. The van der Waals surface area contributed by atoms with Gasteiger partial charge in [0.1, 0.15) is 10.0 Å². The average Bonchev–Trinajstić information content (AvgIpc) is 2.41. The molecule has 0 atom stereocenters. The van der Waals surface area contributed by atoms with E-state index in [2.05, 4.69) is 9.71 Å². The van der Waals surface area contributed by atoms with Gasteiger partial charge in [0.25, 0.3) is 10.0 Å². The molecule has 0 saturated heterocycles. The van der Waals surface area contributed by atoms with E-state index in [4.69, 9.17) is 23.2 Å². The van der Waals surface area contributed by atoms with E-state index in [0.717, 1.165) is 11.9 Å². The summed E-state index contributed by atoms with van der Waals surface area (Å²) >= 11 is 11.5. The van der Waals surface area contributed by atoms with Crippen molar-refractivity contribution in [3.63, 3.8) is 0 Å². The normalized spacial score (nSPS) is 11.2. The molecule has 112 valence electrons. The molecule has 0 amide bonds. The monoisotopic (exact) mass is 345 g/mol. The maximum atomic E-state index is 12.3. The zero-order chi connectivity index (χ0) is 15.6. The van der Waals surface area contributed by atoms with Gasteiger partial charge in [0, 0.05) is 26.0 Å². The maximum absolute atomic E-state index is 12.3. The topological polar surface area (TPSA) is 62.3 Å². The Kier molecular flexibility index (Phi) is 4.61. The molecule has 1 aromatic carbocycles. The number of nitrogens with one attached hydrogen (secondary N) is 1. The molecule has 0 aliphatic carbocycles. The van der Waals surface area contributed by atoms with Crippen LogP contribution in [-0.2, 0) is 10.0 Å². The Labute approximate surface area is 133 Å². The van der Waals surface area contributed by atoms with Crippen LogP contribution in [0.4, 0.5) is 11.4 Å². The first-order valence-corrected chi connectivity index (χ1v) is 8.15. The fourth-order valence-electron chi connectivity index (χ4n) is 1.61. The SMILES string of the molecule is CN(C)c1cccc(NS(=O)(=O)c2cnc(Cl)c(Cl)c2)c1. The Balaban J connectivity index is 2.33. The van der Waals surface area contributed by atoms with Crippen LogP contribution >= 0.6 is 23.2 Å². The molecule has 0 aliphatic heterocycles. The molecule has 0 unspecified atom stereocenters. The first-order valence-electron chi connectivity index (χ1n) is 5.91. The number of sulfonamides is 1. The summed E-state index contributed by atoms with van der Waals surface area (Å²) in [6.07, 6.45) is 1.16. The van der Waals surface area contributed by atoms with Crippen molar-refractivity contribution in [1.82, 2.24) is 4.98 Å². The zero-order valence-electron chi connectivity index (χ0n) is 11.3. The van der Waals surface area contributed by atoms with Gasteiger partial charge in [-0.25, -0.2) is 13.4 Å². The van der Waals surface area contributed by atoms with E-state index < -0.39 is 10.0 Å². The van der Waals surface area contributed by atoms with Crippen LogP contribution in [0.5, 0.6) is 0 Å². The third-order valence-corrected chi connectivity index (χ3v) is 4.73. The lowest BCUT2D eigenvalue weighted by atomic mass is 10.3. The fourth-order valence-corrected chi connectivity index (χ4v) is 2.97. The van der Waals surface area contributed by atoms with Crippen molar-refractivity contribution in [2.75, 3.05) is 23.7 Å². The predicted octanol–water partition coefficient (Wildman–Crippen LogP) is 3.26. The third kappa shape index (κ3) is 3.78. The third-order valence-electron chi connectivity index (χ3n) is 2.70. The molecule has 1 aromatic heterocycles. The number of hydrogen-bond donors (Lipinski definition) is 1. The molecular formula is C13H13Cl2N3O2S. The van der Waals surface area contributed by atoms with Gasteiger partial charge in [0.2, 0.25) is 0 Å². The van der Waals surface area contributed by atoms with E-state index in [1.165, 1.54) is 6.07 Å². The first kappa shape index (κ1) is 15.9. The summed E-state index contributed by atoms with van der Waals surface area (Å²) in [5.41, 5.74) is 1.33. The van der Waals surface area contributed by atoms with Gasteiger partial charge in [-0.1, -0.05) is 29.3 Å². The molecule has 0 saturated carbocycles. The molecule has 1 N–H and O–H groups in total. The standard InChI is InChI=1S/C13H13Cl2N3O2S/c1-18(2)10-5-3-4-9(6-10)17-21(19,20)11-7-12(14)13(15)16-8-11/h3-8,17H,1-2H3. The molecule has 0 fully saturated rings. The first-order chi connectivity index (χ1) is 9.79. The number of halogens is 2. The number of benzene rings is 1. The van der Waals surface area contributed by atoms with Crippen LogP contribution in [0, 0.1) is 0 Å². The van der Waals surface area contributed by atoms with E-state index in [0.29, 0.717) is 5.69 Å². The van der Waals surface area contributed by atoms with Crippen LogP contribution in [0.15, 0.2) is 41.4 Å². The Bertz CT molecular complexity index is 764. The summed E-state index contributed by atoms with van der Waals surface area (Å²) in [4.78, 5) is 5.56. The molecule has 5 nitrogen and oxygen atoms in total. The maximum Gasteiger partial charge on any atom is 0.263 e. The summed E-state index contributed by atoms with van der Waals surface area (Å²) in [5, 5.41) is 0.145. The molecule has 0 aliphatic rings. The van der Waals surface area contributed by atoms with Crippen LogP contribution in [0.2, 0.25) is 10.2 Å². The van der Waals surface area contributed by atoms with Crippen molar-refractivity contribution in [3.8, 4) is 0 Å². The van der Waals surface area contributed by atoms with Crippen molar-refractivity contribution in [3.05, 3.63) is 46.7 Å². The second kappa shape index (κ2) is 6.09. The molecule has 1 heterocycles. The highest BCUT2D eigenvalue weighted by Gasteiger charge is 2.16.